The quantitative estimate of drug-likeness (QED) is 0.288. The van der Waals surface area contributed by atoms with E-state index in [1.165, 1.54) is 37.7 Å². The fourth-order valence-corrected chi connectivity index (χ4v) is 5.68. The maximum absolute atomic E-state index is 6.67. The number of hydrogen-bond donors (Lipinski definition) is 0. The first-order valence-electron chi connectivity index (χ1n) is 8.26. The zero-order valence-corrected chi connectivity index (χ0v) is 16.5. The highest BCUT2D eigenvalue weighted by atomic mass is 35.7. The smallest absolute Gasteiger partial charge is 0.140 e. The minimum absolute atomic E-state index is 0.181. The Morgan fingerprint density at radius 3 is 1.90 bits per heavy atom. The first-order chi connectivity index (χ1) is 9.77. The summed E-state index contributed by atoms with van der Waals surface area (Å²) in [4.78, 5) is 0. The molecule has 21 heavy (non-hydrogen) atoms. The van der Waals surface area contributed by atoms with Crippen LogP contribution in [-0.2, 0) is 5.41 Å². The summed E-state index contributed by atoms with van der Waals surface area (Å²) in [6.07, 6.45) is 7.71. The van der Waals surface area contributed by atoms with Crippen LogP contribution in [0, 0.1) is 0 Å². The molecular weight excluding hydrogens is 315 g/mol. The summed E-state index contributed by atoms with van der Waals surface area (Å²) in [6, 6.07) is 9.62. The molecule has 0 amide bonds. The Labute approximate surface area is 141 Å². The Bertz CT molecular complexity index is 404. The van der Waals surface area contributed by atoms with Gasteiger partial charge < -0.3 is 0 Å². The molecule has 1 aromatic rings. The van der Waals surface area contributed by atoms with Crippen LogP contribution in [0.3, 0.4) is 0 Å². The molecule has 1 rings (SSSR count). The van der Waals surface area contributed by atoms with Crippen LogP contribution in [-0.4, -0.2) is 6.69 Å². The number of halogens is 2. The Balaban J connectivity index is 2.50. The van der Waals surface area contributed by atoms with E-state index in [0.717, 1.165) is 17.7 Å². The molecule has 120 valence electrons. The minimum atomic E-state index is -2.29. The zero-order valence-electron chi connectivity index (χ0n) is 14.0. The van der Waals surface area contributed by atoms with Crippen LogP contribution >= 0.6 is 22.2 Å². The lowest BCUT2D eigenvalue weighted by Crippen LogP contribution is -2.36. The van der Waals surface area contributed by atoms with Crippen LogP contribution in [0.1, 0.15) is 71.8 Å². The van der Waals surface area contributed by atoms with Crippen molar-refractivity contribution in [2.75, 3.05) is 0 Å². The van der Waals surface area contributed by atoms with Crippen molar-refractivity contribution in [2.45, 2.75) is 77.7 Å². The van der Waals surface area contributed by atoms with Gasteiger partial charge in [-0.25, -0.2) is 0 Å². The molecule has 0 aliphatic rings. The van der Waals surface area contributed by atoms with Gasteiger partial charge in [-0.05, 0) is 22.2 Å². The summed E-state index contributed by atoms with van der Waals surface area (Å²) < 4.78 is 0. The second-order valence-electron chi connectivity index (χ2n) is 7.05. The predicted octanol–water partition coefficient (Wildman–Crippen LogP) is 6.47. The van der Waals surface area contributed by atoms with Gasteiger partial charge in [0.1, 0.15) is 0 Å². The van der Waals surface area contributed by atoms with Gasteiger partial charge in [0.25, 0.3) is 6.69 Å². The van der Waals surface area contributed by atoms with Crippen molar-refractivity contribution >= 4 is 34.0 Å². The Morgan fingerprint density at radius 2 is 1.38 bits per heavy atom. The zero-order chi connectivity index (χ0) is 15.9. The van der Waals surface area contributed by atoms with Crippen LogP contribution in [0.2, 0.25) is 6.04 Å². The highest BCUT2D eigenvalue weighted by molar-refractivity contribution is 7.50. The molecule has 0 heterocycles. The van der Waals surface area contributed by atoms with Gasteiger partial charge in [0.15, 0.2) is 0 Å². The number of rotatable bonds is 8. The van der Waals surface area contributed by atoms with Crippen LogP contribution in [0.5, 0.6) is 0 Å². The van der Waals surface area contributed by atoms with E-state index < -0.39 is 6.69 Å². The normalized spacial score (nSPS) is 12.7. The topological polar surface area (TPSA) is 0 Å². The lowest BCUT2D eigenvalue weighted by atomic mass is 9.87. The molecule has 0 N–H and O–H groups in total. The van der Waals surface area contributed by atoms with Crippen molar-refractivity contribution in [3.8, 4) is 0 Å². The Morgan fingerprint density at radius 1 is 0.857 bits per heavy atom. The first kappa shape index (κ1) is 19.1. The van der Waals surface area contributed by atoms with Gasteiger partial charge in [0, 0.05) is 0 Å². The van der Waals surface area contributed by atoms with Gasteiger partial charge in [-0.1, -0.05) is 90.5 Å². The molecule has 0 aliphatic heterocycles. The van der Waals surface area contributed by atoms with Gasteiger partial charge in [-0.3, -0.25) is 0 Å². The number of benzene rings is 1. The molecule has 0 saturated carbocycles. The minimum Gasteiger partial charge on any atom is -0.140 e. The lowest BCUT2D eigenvalue weighted by Gasteiger charge is -2.22. The molecule has 0 unspecified atom stereocenters. The SMILES string of the molecule is CCCCCCCC[Si](Cl)(Cl)c1ccc(C(C)(C)C)cc1. The second-order valence-corrected chi connectivity index (χ2v) is 14.0. The fourth-order valence-electron chi connectivity index (χ4n) is 2.49. The average molecular weight is 345 g/mol. The summed E-state index contributed by atoms with van der Waals surface area (Å²) >= 11 is 13.3. The Kier molecular flexibility index (Phi) is 7.81. The summed E-state index contributed by atoms with van der Waals surface area (Å²) in [5.74, 6) is 0. The van der Waals surface area contributed by atoms with Gasteiger partial charge in [0.05, 0.1) is 0 Å². The van der Waals surface area contributed by atoms with E-state index in [0.29, 0.717) is 0 Å². The van der Waals surface area contributed by atoms with Gasteiger partial charge in [-0.15, -0.1) is 22.2 Å². The van der Waals surface area contributed by atoms with Crippen LogP contribution < -0.4 is 5.19 Å². The van der Waals surface area contributed by atoms with Gasteiger partial charge >= 0.3 is 0 Å². The fraction of sp³-hybridized carbons (Fsp3) is 0.667. The van der Waals surface area contributed by atoms with E-state index in [4.69, 9.17) is 22.2 Å². The lowest BCUT2D eigenvalue weighted by molar-refractivity contribution is 0.590. The van der Waals surface area contributed by atoms with E-state index in [-0.39, 0.29) is 5.41 Å². The average Bonchev–Trinajstić information content (AvgIpc) is 2.42. The molecule has 0 aromatic heterocycles. The van der Waals surface area contributed by atoms with Crippen LogP contribution in [0.25, 0.3) is 0 Å². The maximum atomic E-state index is 6.67. The molecule has 0 fully saturated rings. The molecule has 1 aromatic carbocycles. The Hall–Kier alpha value is 0.0169. The molecule has 0 atom stereocenters. The maximum Gasteiger partial charge on any atom is 0.280 e. The summed E-state index contributed by atoms with van der Waals surface area (Å²) in [5, 5.41) is 1.16. The molecule has 3 heteroatoms. The van der Waals surface area contributed by atoms with Gasteiger partial charge in [-0.2, -0.15) is 0 Å². The molecule has 0 radical (unpaired) electrons. The van der Waals surface area contributed by atoms with Crippen LogP contribution in [0.4, 0.5) is 0 Å². The third-order valence-electron chi connectivity index (χ3n) is 4.02. The third-order valence-corrected chi connectivity index (χ3v) is 8.62. The molecule has 0 saturated heterocycles. The number of hydrogen-bond acceptors (Lipinski definition) is 0. The monoisotopic (exact) mass is 344 g/mol. The van der Waals surface area contributed by atoms with Crippen molar-refractivity contribution in [2.24, 2.45) is 0 Å². The molecule has 0 spiro atoms. The summed E-state index contributed by atoms with van der Waals surface area (Å²) in [6.45, 7) is 6.64. The van der Waals surface area contributed by atoms with Crippen LogP contribution in [0.15, 0.2) is 24.3 Å². The number of unbranched alkanes of at least 4 members (excludes halogenated alkanes) is 5. The van der Waals surface area contributed by atoms with E-state index in [1.807, 2.05) is 0 Å². The summed E-state index contributed by atoms with van der Waals surface area (Å²) in [7, 11) is 0. The van der Waals surface area contributed by atoms with Crippen molar-refractivity contribution < 1.29 is 0 Å². The highest BCUT2D eigenvalue weighted by Gasteiger charge is 2.30. The van der Waals surface area contributed by atoms with E-state index in [2.05, 4.69) is 52.0 Å². The molecule has 0 nitrogen and oxygen atoms in total. The molecule has 0 bridgehead atoms. The molecular formula is C18H30Cl2Si. The molecule has 0 aliphatic carbocycles. The van der Waals surface area contributed by atoms with Gasteiger partial charge in [0.2, 0.25) is 0 Å². The third kappa shape index (κ3) is 6.75. The second kappa shape index (κ2) is 8.60. The summed E-state index contributed by atoms with van der Waals surface area (Å²) in [5.41, 5.74) is 1.52. The van der Waals surface area contributed by atoms with Crippen molar-refractivity contribution in [3.63, 3.8) is 0 Å². The standard InChI is InChI=1S/C18H30Cl2Si/c1-5-6-7-8-9-10-15-21(19,20)17-13-11-16(12-14-17)18(2,3)4/h11-14H,5-10,15H2,1-4H3. The van der Waals surface area contributed by atoms with Crippen molar-refractivity contribution in [1.82, 2.24) is 0 Å². The van der Waals surface area contributed by atoms with E-state index >= 15 is 0 Å². The van der Waals surface area contributed by atoms with Crippen molar-refractivity contribution in [3.05, 3.63) is 29.8 Å². The van der Waals surface area contributed by atoms with E-state index in [1.54, 1.807) is 0 Å². The highest BCUT2D eigenvalue weighted by Crippen LogP contribution is 2.26. The first-order valence-corrected chi connectivity index (χ1v) is 12.5. The van der Waals surface area contributed by atoms with Crippen molar-refractivity contribution in [1.29, 1.82) is 0 Å². The largest absolute Gasteiger partial charge is 0.280 e. The van der Waals surface area contributed by atoms with E-state index in [9.17, 15) is 0 Å². The predicted molar refractivity (Wildman–Crippen MR) is 100 cm³/mol.